The minimum Gasteiger partial charge on any atom is -0.497 e. The Labute approximate surface area is 129 Å². The molecule has 1 saturated heterocycles. The standard InChI is InChI=1S/C16H18N4O2/c1-22-13-6-4-12(5-7-13)17-15-9-8-14(18-19-15)16(21)20-10-2-3-11-20/h4-9H,2-3,10-11H2,1H3,(H,17,19). The molecule has 1 aliphatic heterocycles. The molecule has 6 nitrogen and oxygen atoms in total. The number of nitrogens with one attached hydrogen (secondary N) is 1. The Kier molecular flexibility index (Phi) is 4.18. The molecule has 6 heteroatoms. The van der Waals surface area contributed by atoms with E-state index >= 15 is 0 Å². The summed E-state index contributed by atoms with van der Waals surface area (Å²) in [7, 11) is 1.63. The van der Waals surface area contributed by atoms with Crippen molar-refractivity contribution in [3.63, 3.8) is 0 Å². The van der Waals surface area contributed by atoms with E-state index in [1.165, 1.54) is 0 Å². The number of ether oxygens (including phenoxy) is 1. The van der Waals surface area contributed by atoms with Crippen LogP contribution in [0.4, 0.5) is 11.5 Å². The molecule has 0 aliphatic carbocycles. The number of carbonyl (C=O) groups is 1. The van der Waals surface area contributed by atoms with Gasteiger partial charge in [-0.05, 0) is 49.2 Å². The fraction of sp³-hybridized carbons (Fsp3) is 0.312. The zero-order chi connectivity index (χ0) is 15.4. The van der Waals surface area contributed by atoms with Crippen LogP contribution in [0.5, 0.6) is 5.75 Å². The normalized spacial score (nSPS) is 14.0. The molecule has 1 aromatic heterocycles. The first-order chi connectivity index (χ1) is 10.8. The van der Waals surface area contributed by atoms with Crippen LogP contribution in [0, 0.1) is 0 Å². The van der Waals surface area contributed by atoms with Gasteiger partial charge in [0.1, 0.15) is 5.75 Å². The lowest BCUT2D eigenvalue weighted by Crippen LogP contribution is -2.28. The van der Waals surface area contributed by atoms with E-state index in [4.69, 9.17) is 4.74 Å². The van der Waals surface area contributed by atoms with E-state index in [0.717, 1.165) is 37.4 Å². The largest absolute Gasteiger partial charge is 0.497 e. The van der Waals surface area contributed by atoms with Crippen LogP contribution < -0.4 is 10.1 Å². The van der Waals surface area contributed by atoms with Crippen LogP contribution in [0.1, 0.15) is 23.3 Å². The number of carbonyl (C=O) groups excluding carboxylic acids is 1. The van der Waals surface area contributed by atoms with E-state index in [1.54, 1.807) is 19.2 Å². The molecular formula is C16H18N4O2. The van der Waals surface area contributed by atoms with Gasteiger partial charge < -0.3 is 15.0 Å². The highest BCUT2D eigenvalue weighted by atomic mass is 16.5. The molecule has 1 amide bonds. The predicted molar refractivity (Wildman–Crippen MR) is 83.4 cm³/mol. The minimum atomic E-state index is -0.0407. The number of aromatic nitrogens is 2. The predicted octanol–water partition coefficient (Wildman–Crippen LogP) is 2.46. The molecule has 0 saturated carbocycles. The zero-order valence-electron chi connectivity index (χ0n) is 12.5. The highest BCUT2D eigenvalue weighted by Crippen LogP contribution is 2.18. The molecule has 1 aliphatic rings. The Balaban J connectivity index is 1.66. The van der Waals surface area contributed by atoms with Gasteiger partial charge in [-0.1, -0.05) is 0 Å². The van der Waals surface area contributed by atoms with Gasteiger partial charge in [0.05, 0.1) is 7.11 Å². The van der Waals surface area contributed by atoms with Crippen molar-refractivity contribution in [3.8, 4) is 5.75 Å². The molecule has 1 aromatic carbocycles. The van der Waals surface area contributed by atoms with Gasteiger partial charge >= 0.3 is 0 Å². The van der Waals surface area contributed by atoms with E-state index in [2.05, 4.69) is 15.5 Å². The molecule has 0 atom stereocenters. The SMILES string of the molecule is COc1ccc(Nc2ccc(C(=O)N3CCCC3)nn2)cc1. The molecule has 2 heterocycles. The summed E-state index contributed by atoms with van der Waals surface area (Å²) >= 11 is 0. The summed E-state index contributed by atoms with van der Waals surface area (Å²) in [6.45, 7) is 1.62. The summed E-state index contributed by atoms with van der Waals surface area (Å²) in [5.41, 5.74) is 1.27. The third kappa shape index (κ3) is 3.16. The second-order valence-corrected chi connectivity index (χ2v) is 5.16. The number of rotatable bonds is 4. The molecular weight excluding hydrogens is 280 g/mol. The van der Waals surface area contributed by atoms with Gasteiger partial charge in [-0.25, -0.2) is 0 Å². The monoisotopic (exact) mass is 298 g/mol. The maximum absolute atomic E-state index is 12.2. The van der Waals surface area contributed by atoms with Crippen molar-refractivity contribution >= 4 is 17.4 Å². The molecule has 114 valence electrons. The van der Waals surface area contributed by atoms with Gasteiger partial charge in [0, 0.05) is 18.8 Å². The van der Waals surface area contributed by atoms with Gasteiger partial charge in [-0.15, -0.1) is 10.2 Å². The number of benzene rings is 1. The molecule has 0 spiro atoms. The quantitative estimate of drug-likeness (QED) is 0.939. The van der Waals surface area contributed by atoms with Gasteiger partial charge in [0.2, 0.25) is 0 Å². The average molecular weight is 298 g/mol. The first-order valence-corrected chi connectivity index (χ1v) is 7.30. The average Bonchev–Trinajstić information content (AvgIpc) is 3.10. The lowest BCUT2D eigenvalue weighted by Gasteiger charge is -2.14. The maximum atomic E-state index is 12.2. The Hall–Kier alpha value is -2.63. The smallest absolute Gasteiger partial charge is 0.274 e. The van der Waals surface area contributed by atoms with Crippen molar-refractivity contribution in [1.29, 1.82) is 0 Å². The topological polar surface area (TPSA) is 67.3 Å². The summed E-state index contributed by atoms with van der Waals surface area (Å²) in [6, 6.07) is 11.0. The number of hydrogen-bond acceptors (Lipinski definition) is 5. The lowest BCUT2D eigenvalue weighted by molar-refractivity contribution is 0.0786. The van der Waals surface area contributed by atoms with Crippen LogP contribution in [-0.2, 0) is 0 Å². The number of anilines is 2. The van der Waals surface area contributed by atoms with Gasteiger partial charge in [-0.2, -0.15) is 0 Å². The van der Waals surface area contributed by atoms with E-state index < -0.39 is 0 Å². The number of nitrogens with zero attached hydrogens (tertiary/aromatic N) is 3. The van der Waals surface area contributed by atoms with Crippen molar-refractivity contribution < 1.29 is 9.53 Å². The Bertz CT molecular complexity index is 634. The van der Waals surface area contributed by atoms with E-state index in [1.807, 2.05) is 29.2 Å². The van der Waals surface area contributed by atoms with Gasteiger partial charge in [0.25, 0.3) is 5.91 Å². The molecule has 1 fully saturated rings. The van der Waals surface area contributed by atoms with Gasteiger partial charge in [0.15, 0.2) is 11.5 Å². The number of likely N-dealkylation sites (tertiary alicyclic amines) is 1. The Morgan fingerprint density at radius 1 is 1.09 bits per heavy atom. The first-order valence-electron chi connectivity index (χ1n) is 7.30. The summed E-state index contributed by atoms with van der Waals surface area (Å²) in [5.74, 6) is 1.35. The van der Waals surface area contributed by atoms with Gasteiger partial charge in [-0.3, -0.25) is 4.79 Å². The zero-order valence-corrected chi connectivity index (χ0v) is 12.5. The third-order valence-electron chi connectivity index (χ3n) is 3.64. The van der Waals surface area contributed by atoms with Crippen LogP contribution in [0.25, 0.3) is 0 Å². The van der Waals surface area contributed by atoms with E-state index in [9.17, 15) is 4.79 Å². The summed E-state index contributed by atoms with van der Waals surface area (Å²) in [5, 5.41) is 11.2. The fourth-order valence-electron chi connectivity index (χ4n) is 2.42. The fourth-order valence-corrected chi connectivity index (χ4v) is 2.42. The second kappa shape index (κ2) is 6.43. The van der Waals surface area contributed by atoms with E-state index in [-0.39, 0.29) is 5.91 Å². The van der Waals surface area contributed by atoms with Crippen molar-refractivity contribution in [2.45, 2.75) is 12.8 Å². The van der Waals surface area contributed by atoms with Crippen molar-refractivity contribution in [2.75, 3.05) is 25.5 Å². The minimum absolute atomic E-state index is 0.0407. The van der Waals surface area contributed by atoms with E-state index in [0.29, 0.717) is 11.5 Å². The number of methoxy groups -OCH3 is 1. The van der Waals surface area contributed by atoms with Crippen LogP contribution in [0.2, 0.25) is 0 Å². The Morgan fingerprint density at radius 3 is 2.41 bits per heavy atom. The second-order valence-electron chi connectivity index (χ2n) is 5.16. The molecule has 22 heavy (non-hydrogen) atoms. The number of hydrogen-bond donors (Lipinski definition) is 1. The van der Waals surface area contributed by atoms with Crippen LogP contribution >= 0.6 is 0 Å². The molecule has 0 bridgehead atoms. The highest BCUT2D eigenvalue weighted by molar-refractivity contribution is 5.92. The molecule has 2 aromatic rings. The highest BCUT2D eigenvalue weighted by Gasteiger charge is 2.20. The summed E-state index contributed by atoms with van der Waals surface area (Å²) in [4.78, 5) is 14.0. The first kappa shape index (κ1) is 14.3. The van der Waals surface area contributed by atoms with Crippen LogP contribution in [0.3, 0.4) is 0 Å². The maximum Gasteiger partial charge on any atom is 0.274 e. The molecule has 0 radical (unpaired) electrons. The van der Waals surface area contributed by atoms with Crippen molar-refractivity contribution in [3.05, 3.63) is 42.1 Å². The third-order valence-corrected chi connectivity index (χ3v) is 3.64. The van der Waals surface area contributed by atoms with Crippen LogP contribution in [0.15, 0.2) is 36.4 Å². The summed E-state index contributed by atoms with van der Waals surface area (Å²) < 4.78 is 5.11. The van der Waals surface area contributed by atoms with Crippen molar-refractivity contribution in [2.24, 2.45) is 0 Å². The number of amides is 1. The molecule has 1 N–H and O–H groups in total. The Morgan fingerprint density at radius 2 is 1.82 bits per heavy atom. The lowest BCUT2D eigenvalue weighted by atomic mass is 10.3. The molecule has 0 unspecified atom stereocenters. The molecule has 3 rings (SSSR count). The van der Waals surface area contributed by atoms with Crippen molar-refractivity contribution in [1.82, 2.24) is 15.1 Å². The summed E-state index contributed by atoms with van der Waals surface area (Å²) in [6.07, 6.45) is 2.13. The van der Waals surface area contributed by atoms with Crippen LogP contribution in [-0.4, -0.2) is 41.2 Å².